The molecule has 0 radical (unpaired) electrons. The SMILES string of the molecule is COc1cc2c(cc1O)[C@H]1CC[C@H](CC(C)C)CN1CC2. The quantitative estimate of drug-likeness (QED) is 0.919. The molecule has 2 heterocycles. The predicted molar refractivity (Wildman–Crippen MR) is 84.9 cm³/mol. The fourth-order valence-corrected chi connectivity index (χ4v) is 4.17. The molecule has 3 rings (SSSR count). The van der Waals surface area contributed by atoms with Crippen molar-refractivity contribution >= 4 is 0 Å². The van der Waals surface area contributed by atoms with Crippen molar-refractivity contribution in [2.24, 2.45) is 11.8 Å². The number of hydrogen-bond acceptors (Lipinski definition) is 3. The van der Waals surface area contributed by atoms with E-state index in [1.807, 2.05) is 12.1 Å². The van der Waals surface area contributed by atoms with Gasteiger partial charge in [0.05, 0.1) is 7.11 Å². The lowest BCUT2D eigenvalue weighted by atomic mass is 9.81. The third-order valence-electron chi connectivity index (χ3n) is 5.05. The van der Waals surface area contributed by atoms with Crippen molar-refractivity contribution in [3.8, 4) is 11.5 Å². The van der Waals surface area contributed by atoms with Crippen LogP contribution in [0.25, 0.3) is 0 Å². The molecular weight excluding hydrogens is 262 g/mol. The van der Waals surface area contributed by atoms with Crippen LogP contribution in [0.3, 0.4) is 0 Å². The van der Waals surface area contributed by atoms with Crippen molar-refractivity contribution in [1.82, 2.24) is 4.90 Å². The van der Waals surface area contributed by atoms with E-state index in [1.165, 1.54) is 36.9 Å². The second kappa shape index (κ2) is 5.88. The summed E-state index contributed by atoms with van der Waals surface area (Å²) in [5.41, 5.74) is 2.68. The van der Waals surface area contributed by atoms with Crippen LogP contribution in [0.4, 0.5) is 0 Å². The number of phenols is 1. The Hall–Kier alpha value is -1.22. The second-order valence-electron chi connectivity index (χ2n) is 7.06. The van der Waals surface area contributed by atoms with Crippen molar-refractivity contribution in [2.45, 2.75) is 45.6 Å². The van der Waals surface area contributed by atoms with Crippen LogP contribution in [0, 0.1) is 11.8 Å². The molecule has 1 aromatic rings. The molecule has 0 amide bonds. The lowest BCUT2D eigenvalue weighted by molar-refractivity contribution is 0.0894. The molecule has 0 unspecified atom stereocenters. The Bertz CT molecular complexity index is 512. The van der Waals surface area contributed by atoms with Gasteiger partial charge in [-0.05, 0) is 60.8 Å². The molecule has 2 aliphatic rings. The Balaban J connectivity index is 1.80. The zero-order valence-corrected chi connectivity index (χ0v) is 13.4. The number of aromatic hydroxyl groups is 1. The number of benzene rings is 1. The molecule has 3 nitrogen and oxygen atoms in total. The summed E-state index contributed by atoms with van der Waals surface area (Å²) in [7, 11) is 1.62. The van der Waals surface area contributed by atoms with E-state index in [9.17, 15) is 5.11 Å². The molecular formula is C18H27NO2. The van der Waals surface area contributed by atoms with Crippen molar-refractivity contribution in [3.05, 3.63) is 23.3 Å². The lowest BCUT2D eigenvalue weighted by Crippen LogP contribution is -2.42. The summed E-state index contributed by atoms with van der Waals surface area (Å²) in [6.07, 6.45) is 4.93. The summed E-state index contributed by atoms with van der Waals surface area (Å²) >= 11 is 0. The van der Waals surface area contributed by atoms with Gasteiger partial charge in [-0.15, -0.1) is 0 Å². The third-order valence-corrected chi connectivity index (χ3v) is 5.05. The average Bonchev–Trinajstić information content (AvgIpc) is 2.45. The highest BCUT2D eigenvalue weighted by Crippen LogP contribution is 2.43. The summed E-state index contributed by atoms with van der Waals surface area (Å²) in [5, 5.41) is 10.1. The van der Waals surface area contributed by atoms with Crippen LogP contribution in [-0.4, -0.2) is 30.2 Å². The van der Waals surface area contributed by atoms with E-state index in [-0.39, 0.29) is 5.75 Å². The van der Waals surface area contributed by atoms with Gasteiger partial charge in [0.25, 0.3) is 0 Å². The van der Waals surface area contributed by atoms with Gasteiger partial charge in [0, 0.05) is 19.1 Å². The fraction of sp³-hybridized carbons (Fsp3) is 0.667. The number of rotatable bonds is 3. The summed E-state index contributed by atoms with van der Waals surface area (Å²) < 4.78 is 5.24. The van der Waals surface area contributed by atoms with Gasteiger partial charge < -0.3 is 9.84 Å². The van der Waals surface area contributed by atoms with Gasteiger partial charge in [-0.1, -0.05) is 13.8 Å². The number of hydrogen-bond donors (Lipinski definition) is 1. The van der Waals surface area contributed by atoms with Crippen LogP contribution in [0.1, 0.15) is 50.3 Å². The smallest absolute Gasteiger partial charge is 0.160 e. The number of methoxy groups -OCH3 is 1. The van der Waals surface area contributed by atoms with E-state index >= 15 is 0 Å². The molecule has 0 saturated carbocycles. The predicted octanol–water partition coefficient (Wildman–Crippen LogP) is 3.76. The fourth-order valence-electron chi connectivity index (χ4n) is 4.17. The minimum absolute atomic E-state index is 0.280. The van der Waals surface area contributed by atoms with E-state index in [2.05, 4.69) is 18.7 Å². The first-order valence-electron chi connectivity index (χ1n) is 8.22. The maximum Gasteiger partial charge on any atom is 0.160 e. The standard InChI is InChI=1S/C18H27NO2/c1-12(2)8-13-4-5-16-15-10-17(20)18(21-3)9-14(15)6-7-19(16)11-13/h9-10,12-13,16,20H,4-8,11H2,1-3H3/t13-,16-/m1/s1. The van der Waals surface area contributed by atoms with Gasteiger partial charge in [-0.2, -0.15) is 0 Å². The highest BCUT2D eigenvalue weighted by molar-refractivity contribution is 5.48. The molecule has 1 fully saturated rings. The van der Waals surface area contributed by atoms with Crippen LogP contribution in [-0.2, 0) is 6.42 Å². The van der Waals surface area contributed by atoms with E-state index in [0.717, 1.165) is 24.8 Å². The van der Waals surface area contributed by atoms with Crippen LogP contribution >= 0.6 is 0 Å². The summed E-state index contributed by atoms with van der Waals surface area (Å²) in [4.78, 5) is 2.63. The Morgan fingerprint density at radius 3 is 2.86 bits per heavy atom. The zero-order chi connectivity index (χ0) is 15.0. The third kappa shape index (κ3) is 2.89. The monoisotopic (exact) mass is 289 g/mol. The normalized spacial score (nSPS) is 25.5. The van der Waals surface area contributed by atoms with Gasteiger partial charge >= 0.3 is 0 Å². The molecule has 1 saturated heterocycles. The molecule has 2 aliphatic heterocycles. The van der Waals surface area contributed by atoms with Crippen molar-refractivity contribution in [3.63, 3.8) is 0 Å². The van der Waals surface area contributed by atoms with Crippen LogP contribution < -0.4 is 4.74 Å². The molecule has 3 heteroatoms. The first-order chi connectivity index (χ1) is 10.1. The molecule has 1 aromatic carbocycles. The molecule has 0 aliphatic carbocycles. The molecule has 21 heavy (non-hydrogen) atoms. The van der Waals surface area contributed by atoms with Crippen LogP contribution in [0.15, 0.2) is 12.1 Å². The Morgan fingerprint density at radius 1 is 1.33 bits per heavy atom. The zero-order valence-electron chi connectivity index (χ0n) is 13.4. The number of nitrogens with zero attached hydrogens (tertiary/aromatic N) is 1. The van der Waals surface area contributed by atoms with Gasteiger partial charge in [0.1, 0.15) is 0 Å². The van der Waals surface area contributed by atoms with Gasteiger partial charge in [-0.3, -0.25) is 4.90 Å². The summed E-state index contributed by atoms with van der Waals surface area (Å²) in [6.45, 7) is 7.00. The number of piperidine rings is 1. The minimum Gasteiger partial charge on any atom is -0.504 e. The van der Waals surface area contributed by atoms with Gasteiger partial charge in [-0.25, -0.2) is 0 Å². The Kier molecular flexibility index (Phi) is 4.12. The topological polar surface area (TPSA) is 32.7 Å². The van der Waals surface area contributed by atoms with Crippen LogP contribution in [0.2, 0.25) is 0 Å². The number of phenolic OH excluding ortho intramolecular Hbond substituents is 1. The van der Waals surface area contributed by atoms with Crippen molar-refractivity contribution in [2.75, 3.05) is 20.2 Å². The molecule has 2 atom stereocenters. The maximum absolute atomic E-state index is 10.1. The van der Waals surface area contributed by atoms with E-state index < -0.39 is 0 Å². The van der Waals surface area contributed by atoms with E-state index in [0.29, 0.717) is 11.8 Å². The summed E-state index contributed by atoms with van der Waals surface area (Å²) in [5.74, 6) is 2.52. The molecule has 116 valence electrons. The van der Waals surface area contributed by atoms with Crippen molar-refractivity contribution < 1.29 is 9.84 Å². The van der Waals surface area contributed by atoms with Crippen molar-refractivity contribution in [1.29, 1.82) is 0 Å². The number of ether oxygens (including phenoxy) is 1. The maximum atomic E-state index is 10.1. The Labute approximate surface area is 127 Å². The first kappa shape index (κ1) is 14.7. The second-order valence-corrected chi connectivity index (χ2v) is 7.06. The van der Waals surface area contributed by atoms with Gasteiger partial charge in [0.15, 0.2) is 11.5 Å². The average molecular weight is 289 g/mol. The minimum atomic E-state index is 0.280. The highest BCUT2D eigenvalue weighted by Gasteiger charge is 2.34. The highest BCUT2D eigenvalue weighted by atomic mass is 16.5. The summed E-state index contributed by atoms with van der Waals surface area (Å²) in [6, 6.07) is 4.46. The number of fused-ring (bicyclic) bond motifs is 3. The van der Waals surface area contributed by atoms with Gasteiger partial charge in [0.2, 0.25) is 0 Å². The lowest BCUT2D eigenvalue weighted by Gasteiger charge is -2.44. The van der Waals surface area contributed by atoms with E-state index in [1.54, 1.807) is 7.11 Å². The van der Waals surface area contributed by atoms with Crippen LogP contribution in [0.5, 0.6) is 11.5 Å². The largest absolute Gasteiger partial charge is 0.504 e. The Morgan fingerprint density at radius 2 is 2.14 bits per heavy atom. The molecule has 0 aromatic heterocycles. The van der Waals surface area contributed by atoms with E-state index in [4.69, 9.17) is 4.74 Å². The molecule has 1 N–H and O–H groups in total. The first-order valence-corrected chi connectivity index (χ1v) is 8.22. The molecule has 0 bridgehead atoms. The molecule has 0 spiro atoms.